The number of hydrogen-bond acceptors (Lipinski definition) is 4. The average Bonchev–Trinajstić information content (AvgIpc) is 2.82. The minimum absolute atomic E-state index is 0.237. The SMILES string of the molecule is O=C(O)c1cccc(NN=Cc2cccs2)c1. The van der Waals surface area contributed by atoms with Gasteiger partial charge in [-0.1, -0.05) is 12.1 Å². The van der Waals surface area contributed by atoms with Crippen LogP contribution in [0.2, 0.25) is 0 Å². The Labute approximate surface area is 102 Å². The predicted octanol–water partition coefficient (Wildman–Crippen LogP) is 2.89. The number of nitrogens with one attached hydrogen (secondary N) is 1. The molecule has 0 aliphatic rings. The summed E-state index contributed by atoms with van der Waals surface area (Å²) in [6, 6.07) is 10.4. The Bertz CT molecular complexity index is 535. The maximum Gasteiger partial charge on any atom is 0.335 e. The van der Waals surface area contributed by atoms with Gasteiger partial charge in [-0.2, -0.15) is 5.10 Å². The molecule has 1 aromatic heterocycles. The maximum atomic E-state index is 10.7. The molecule has 0 bridgehead atoms. The highest BCUT2D eigenvalue weighted by Gasteiger charge is 2.01. The molecule has 1 heterocycles. The Morgan fingerprint density at radius 1 is 1.35 bits per heavy atom. The maximum absolute atomic E-state index is 10.7. The van der Waals surface area contributed by atoms with Gasteiger partial charge in [-0.3, -0.25) is 5.43 Å². The van der Waals surface area contributed by atoms with Crippen LogP contribution >= 0.6 is 11.3 Å². The average molecular weight is 246 g/mol. The molecule has 0 saturated carbocycles. The van der Waals surface area contributed by atoms with Gasteiger partial charge in [0.05, 0.1) is 17.5 Å². The topological polar surface area (TPSA) is 61.7 Å². The van der Waals surface area contributed by atoms with Gasteiger partial charge in [-0.05, 0) is 29.6 Å². The Hall–Kier alpha value is -2.14. The van der Waals surface area contributed by atoms with Crippen molar-refractivity contribution < 1.29 is 9.90 Å². The van der Waals surface area contributed by atoms with Gasteiger partial charge in [0.15, 0.2) is 0 Å². The zero-order valence-electron chi connectivity index (χ0n) is 8.83. The van der Waals surface area contributed by atoms with E-state index in [0.29, 0.717) is 5.69 Å². The lowest BCUT2D eigenvalue weighted by molar-refractivity contribution is 0.0697. The highest BCUT2D eigenvalue weighted by atomic mass is 32.1. The second-order valence-corrected chi connectivity index (χ2v) is 4.25. The first kappa shape index (κ1) is 11.3. The van der Waals surface area contributed by atoms with Crippen LogP contribution in [0.25, 0.3) is 0 Å². The number of benzene rings is 1. The third-order valence-corrected chi connectivity index (χ3v) is 2.85. The van der Waals surface area contributed by atoms with E-state index in [-0.39, 0.29) is 5.56 Å². The largest absolute Gasteiger partial charge is 0.478 e. The highest BCUT2D eigenvalue weighted by molar-refractivity contribution is 7.11. The summed E-state index contributed by atoms with van der Waals surface area (Å²) >= 11 is 1.58. The third kappa shape index (κ3) is 3.15. The first-order valence-electron chi connectivity index (χ1n) is 4.91. The molecule has 0 aliphatic heterocycles. The Morgan fingerprint density at radius 3 is 2.94 bits per heavy atom. The number of nitrogens with zero attached hydrogens (tertiary/aromatic N) is 1. The lowest BCUT2D eigenvalue weighted by atomic mass is 10.2. The van der Waals surface area contributed by atoms with E-state index in [1.54, 1.807) is 29.7 Å². The molecule has 0 amide bonds. The van der Waals surface area contributed by atoms with Crippen LogP contribution in [0.5, 0.6) is 0 Å². The normalized spacial score (nSPS) is 10.6. The summed E-state index contributed by atoms with van der Waals surface area (Å²) in [5.74, 6) is -0.948. The lowest BCUT2D eigenvalue weighted by Crippen LogP contribution is -1.97. The van der Waals surface area contributed by atoms with Crippen LogP contribution in [-0.2, 0) is 0 Å². The van der Waals surface area contributed by atoms with E-state index in [0.717, 1.165) is 4.88 Å². The van der Waals surface area contributed by atoms with Crippen LogP contribution in [0.3, 0.4) is 0 Å². The fourth-order valence-corrected chi connectivity index (χ4v) is 1.84. The number of rotatable bonds is 4. The van der Waals surface area contributed by atoms with E-state index in [1.807, 2.05) is 17.5 Å². The van der Waals surface area contributed by atoms with Crippen molar-refractivity contribution in [1.29, 1.82) is 0 Å². The zero-order chi connectivity index (χ0) is 12.1. The number of aromatic carboxylic acids is 1. The number of hydrogen-bond donors (Lipinski definition) is 2. The summed E-state index contributed by atoms with van der Waals surface area (Å²) < 4.78 is 0. The summed E-state index contributed by atoms with van der Waals surface area (Å²) in [7, 11) is 0. The van der Waals surface area contributed by atoms with Crippen LogP contribution in [0, 0.1) is 0 Å². The molecular weight excluding hydrogens is 236 g/mol. The number of carboxylic acid groups (broad SMARTS) is 1. The van der Waals surface area contributed by atoms with Gasteiger partial charge in [-0.15, -0.1) is 11.3 Å². The smallest absolute Gasteiger partial charge is 0.335 e. The summed E-state index contributed by atoms with van der Waals surface area (Å²) in [6.45, 7) is 0. The fourth-order valence-electron chi connectivity index (χ4n) is 1.26. The van der Waals surface area contributed by atoms with E-state index in [4.69, 9.17) is 5.11 Å². The van der Waals surface area contributed by atoms with Crippen molar-refractivity contribution in [2.45, 2.75) is 0 Å². The molecule has 0 radical (unpaired) electrons. The molecule has 2 aromatic rings. The predicted molar refractivity (Wildman–Crippen MR) is 68.9 cm³/mol. The van der Waals surface area contributed by atoms with E-state index in [9.17, 15) is 4.79 Å². The molecule has 5 heteroatoms. The summed E-state index contributed by atoms with van der Waals surface area (Å²) in [5, 5.41) is 14.8. The first-order valence-corrected chi connectivity index (χ1v) is 5.79. The second kappa shape index (κ2) is 5.27. The van der Waals surface area contributed by atoms with E-state index >= 15 is 0 Å². The Balaban J connectivity index is 2.04. The minimum Gasteiger partial charge on any atom is -0.478 e. The van der Waals surface area contributed by atoms with Gasteiger partial charge in [0.25, 0.3) is 0 Å². The van der Waals surface area contributed by atoms with Crippen LogP contribution in [0.15, 0.2) is 46.9 Å². The summed E-state index contributed by atoms with van der Waals surface area (Å²) in [6.07, 6.45) is 1.69. The summed E-state index contributed by atoms with van der Waals surface area (Å²) in [4.78, 5) is 11.8. The minimum atomic E-state index is -0.948. The van der Waals surface area contributed by atoms with Crippen LogP contribution in [0.4, 0.5) is 5.69 Å². The molecular formula is C12H10N2O2S. The number of anilines is 1. The fraction of sp³-hybridized carbons (Fsp3) is 0. The van der Waals surface area contributed by atoms with Gasteiger partial charge in [-0.25, -0.2) is 4.79 Å². The molecule has 2 rings (SSSR count). The summed E-state index contributed by atoms with van der Waals surface area (Å²) in [5.41, 5.74) is 3.68. The molecule has 0 fully saturated rings. The lowest BCUT2D eigenvalue weighted by Gasteiger charge is -2.00. The van der Waals surface area contributed by atoms with Crippen molar-refractivity contribution >= 4 is 29.2 Å². The number of carboxylic acids is 1. The second-order valence-electron chi connectivity index (χ2n) is 3.27. The van der Waals surface area contributed by atoms with Crippen molar-refractivity contribution in [3.63, 3.8) is 0 Å². The van der Waals surface area contributed by atoms with Gasteiger partial charge in [0.1, 0.15) is 0 Å². The standard InChI is InChI=1S/C12H10N2O2S/c15-12(16)9-3-1-4-10(7-9)14-13-8-11-5-2-6-17-11/h1-8,14H,(H,15,16). The molecule has 4 nitrogen and oxygen atoms in total. The van der Waals surface area contributed by atoms with E-state index in [2.05, 4.69) is 10.5 Å². The Morgan fingerprint density at radius 2 is 2.24 bits per heavy atom. The molecule has 0 saturated heterocycles. The Kier molecular flexibility index (Phi) is 3.52. The quantitative estimate of drug-likeness (QED) is 0.644. The number of thiophene rings is 1. The van der Waals surface area contributed by atoms with Crippen molar-refractivity contribution in [2.24, 2.45) is 5.10 Å². The van der Waals surface area contributed by atoms with Crippen molar-refractivity contribution in [1.82, 2.24) is 0 Å². The molecule has 1 aromatic carbocycles. The number of hydrazone groups is 1. The van der Waals surface area contributed by atoms with Crippen molar-refractivity contribution in [2.75, 3.05) is 5.43 Å². The van der Waals surface area contributed by atoms with Crippen molar-refractivity contribution in [3.05, 3.63) is 52.2 Å². The van der Waals surface area contributed by atoms with Crippen molar-refractivity contribution in [3.8, 4) is 0 Å². The molecule has 0 spiro atoms. The van der Waals surface area contributed by atoms with Crippen LogP contribution in [0.1, 0.15) is 15.2 Å². The van der Waals surface area contributed by atoms with Gasteiger partial charge < -0.3 is 5.11 Å². The number of carbonyl (C=O) groups is 1. The first-order chi connectivity index (χ1) is 8.25. The highest BCUT2D eigenvalue weighted by Crippen LogP contribution is 2.11. The third-order valence-electron chi connectivity index (χ3n) is 2.04. The van der Waals surface area contributed by atoms with Crippen LogP contribution in [-0.4, -0.2) is 17.3 Å². The van der Waals surface area contributed by atoms with Crippen LogP contribution < -0.4 is 5.43 Å². The van der Waals surface area contributed by atoms with Gasteiger partial charge >= 0.3 is 5.97 Å². The molecule has 0 atom stereocenters. The zero-order valence-corrected chi connectivity index (χ0v) is 9.65. The molecule has 86 valence electrons. The van der Waals surface area contributed by atoms with Gasteiger partial charge in [0.2, 0.25) is 0 Å². The molecule has 0 aliphatic carbocycles. The molecule has 2 N–H and O–H groups in total. The van der Waals surface area contributed by atoms with Gasteiger partial charge in [0, 0.05) is 4.88 Å². The molecule has 17 heavy (non-hydrogen) atoms. The monoisotopic (exact) mass is 246 g/mol. The van der Waals surface area contributed by atoms with E-state index < -0.39 is 5.97 Å². The molecule has 0 unspecified atom stereocenters. The van der Waals surface area contributed by atoms with E-state index in [1.165, 1.54) is 12.1 Å².